The molecule has 4 rings (SSSR count). The molecular formula is C22H21N5O3. The van der Waals surface area contributed by atoms with Crippen LogP contribution in [0.15, 0.2) is 54.6 Å². The van der Waals surface area contributed by atoms with Crippen LogP contribution in [0.3, 0.4) is 0 Å². The van der Waals surface area contributed by atoms with Crippen molar-refractivity contribution in [2.75, 3.05) is 5.32 Å². The number of rotatable bonds is 4. The molecule has 4 amide bonds. The van der Waals surface area contributed by atoms with E-state index in [1.165, 1.54) is 4.90 Å². The molecule has 0 atom stereocenters. The van der Waals surface area contributed by atoms with Crippen molar-refractivity contribution >= 4 is 23.7 Å². The van der Waals surface area contributed by atoms with Crippen molar-refractivity contribution in [2.45, 2.75) is 26.4 Å². The lowest BCUT2D eigenvalue weighted by Gasteiger charge is -2.16. The molecule has 8 heteroatoms. The number of aromatic amines is 1. The SMILES string of the molecule is Cc1ccccc1CC(=O)Nc1n[nH]c2c1CN(C(=O)NC(=O)c1ccccc1)C2. The highest BCUT2D eigenvalue weighted by Gasteiger charge is 2.29. The van der Waals surface area contributed by atoms with Gasteiger partial charge in [0.15, 0.2) is 5.82 Å². The topological polar surface area (TPSA) is 107 Å². The first-order chi connectivity index (χ1) is 14.5. The first-order valence-corrected chi connectivity index (χ1v) is 9.57. The molecular weight excluding hydrogens is 382 g/mol. The molecule has 1 aromatic heterocycles. The Morgan fingerprint density at radius 3 is 2.53 bits per heavy atom. The van der Waals surface area contributed by atoms with Gasteiger partial charge in [0.25, 0.3) is 5.91 Å². The van der Waals surface area contributed by atoms with E-state index in [0.717, 1.165) is 22.4 Å². The van der Waals surface area contributed by atoms with Crippen LogP contribution in [0.4, 0.5) is 10.6 Å². The Labute approximate surface area is 173 Å². The molecule has 0 saturated carbocycles. The Morgan fingerprint density at radius 2 is 1.77 bits per heavy atom. The number of aromatic nitrogens is 2. The third-order valence-corrected chi connectivity index (χ3v) is 5.06. The summed E-state index contributed by atoms with van der Waals surface area (Å²) in [5.74, 6) is -0.227. The zero-order valence-electron chi connectivity index (χ0n) is 16.4. The molecule has 0 spiro atoms. The molecule has 8 nitrogen and oxygen atoms in total. The Bertz CT molecular complexity index is 1110. The zero-order chi connectivity index (χ0) is 21.1. The standard InChI is InChI=1S/C22H21N5O3/c1-14-7-5-6-10-16(14)11-19(28)23-20-17-12-27(13-18(17)25-26-20)22(30)24-21(29)15-8-3-2-4-9-15/h2-10H,11-13H2,1H3,(H,24,29,30)(H2,23,25,26,28). The van der Waals surface area contributed by atoms with Crippen molar-refractivity contribution in [1.82, 2.24) is 20.4 Å². The quantitative estimate of drug-likeness (QED) is 0.623. The Morgan fingerprint density at radius 1 is 1.03 bits per heavy atom. The number of imide groups is 1. The van der Waals surface area contributed by atoms with Crippen molar-refractivity contribution < 1.29 is 14.4 Å². The summed E-state index contributed by atoms with van der Waals surface area (Å²) in [5, 5.41) is 12.2. The van der Waals surface area contributed by atoms with Crippen LogP contribution in [0, 0.1) is 6.92 Å². The number of hydrogen-bond donors (Lipinski definition) is 3. The lowest BCUT2D eigenvalue weighted by molar-refractivity contribution is -0.115. The summed E-state index contributed by atoms with van der Waals surface area (Å²) < 4.78 is 0. The van der Waals surface area contributed by atoms with Gasteiger partial charge >= 0.3 is 6.03 Å². The highest BCUT2D eigenvalue weighted by molar-refractivity contribution is 6.04. The molecule has 0 aliphatic carbocycles. The number of nitrogens with one attached hydrogen (secondary N) is 3. The van der Waals surface area contributed by atoms with E-state index in [1.807, 2.05) is 31.2 Å². The summed E-state index contributed by atoms with van der Waals surface area (Å²) in [6, 6.07) is 15.8. The minimum absolute atomic E-state index is 0.180. The zero-order valence-corrected chi connectivity index (χ0v) is 16.4. The van der Waals surface area contributed by atoms with Gasteiger partial charge in [-0.1, -0.05) is 42.5 Å². The normalized spacial score (nSPS) is 12.4. The van der Waals surface area contributed by atoms with Gasteiger partial charge in [-0.2, -0.15) is 5.10 Å². The van der Waals surface area contributed by atoms with E-state index in [-0.39, 0.29) is 25.4 Å². The average molecular weight is 403 g/mol. The molecule has 1 aliphatic heterocycles. The van der Waals surface area contributed by atoms with Gasteiger partial charge in [-0.3, -0.25) is 20.0 Å². The molecule has 0 radical (unpaired) electrons. The van der Waals surface area contributed by atoms with Crippen LogP contribution < -0.4 is 10.6 Å². The number of nitrogens with zero attached hydrogens (tertiary/aromatic N) is 2. The first-order valence-electron chi connectivity index (χ1n) is 9.57. The molecule has 3 aromatic rings. The van der Waals surface area contributed by atoms with Gasteiger partial charge < -0.3 is 10.2 Å². The third-order valence-electron chi connectivity index (χ3n) is 5.06. The van der Waals surface area contributed by atoms with Crippen molar-refractivity contribution in [2.24, 2.45) is 0 Å². The number of anilines is 1. The number of carbonyl (C=O) groups is 3. The van der Waals surface area contributed by atoms with E-state index in [0.29, 0.717) is 11.4 Å². The number of hydrogen-bond acceptors (Lipinski definition) is 4. The fourth-order valence-electron chi connectivity index (χ4n) is 3.38. The highest BCUT2D eigenvalue weighted by Crippen LogP contribution is 2.27. The third kappa shape index (κ3) is 4.07. The van der Waals surface area contributed by atoms with Gasteiger partial charge in [-0.25, -0.2) is 4.79 Å². The van der Waals surface area contributed by atoms with Crippen LogP contribution in [0.25, 0.3) is 0 Å². The maximum Gasteiger partial charge on any atom is 0.324 e. The largest absolute Gasteiger partial charge is 0.324 e. The maximum absolute atomic E-state index is 12.5. The minimum Gasteiger partial charge on any atom is -0.314 e. The van der Waals surface area contributed by atoms with Gasteiger partial charge in [0.1, 0.15) is 0 Å². The second-order valence-electron chi connectivity index (χ2n) is 7.16. The second-order valence-corrected chi connectivity index (χ2v) is 7.16. The van der Waals surface area contributed by atoms with Crippen LogP contribution >= 0.6 is 0 Å². The Hall–Kier alpha value is -3.94. The smallest absolute Gasteiger partial charge is 0.314 e. The minimum atomic E-state index is -0.495. The predicted molar refractivity (Wildman–Crippen MR) is 111 cm³/mol. The molecule has 0 saturated heterocycles. The fourth-order valence-corrected chi connectivity index (χ4v) is 3.38. The average Bonchev–Trinajstić information content (AvgIpc) is 3.32. The number of carbonyl (C=O) groups excluding carboxylic acids is 3. The predicted octanol–water partition coefficient (Wildman–Crippen LogP) is 2.76. The van der Waals surface area contributed by atoms with Crippen LogP contribution in [-0.4, -0.2) is 32.9 Å². The summed E-state index contributed by atoms with van der Waals surface area (Å²) in [4.78, 5) is 38.6. The van der Waals surface area contributed by atoms with Gasteiger partial charge in [0, 0.05) is 11.1 Å². The molecule has 0 bridgehead atoms. The molecule has 0 unspecified atom stereocenters. The number of aryl methyl sites for hydroxylation is 1. The second kappa shape index (κ2) is 8.20. The monoisotopic (exact) mass is 403 g/mol. The van der Waals surface area contributed by atoms with Gasteiger partial charge in [0.2, 0.25) is 5.91 Å². The van der Waals surface area contributed by atoms with Crippen molar-refractivity contribution in [3.63, 3.8) is 0 Å². The van der Waals surface area contributed by atoms with Crippen molar-refractivity contribution in [3.8, 4) is 0 Å². The van der Waals surface area contributed by atoms with Crippen LogP contribution in [0.2, 0.25) is 0 Å². The molecule has 1 aliphatic rings. The molecule has 30 heavy (non-hydrogen) atoms. The molecule has 152 valence electrons. The number of amides is 4. The summed E-state index contributed by atoms with van der Waals surface area (Å²) in [6.07, 6.45) is 0.240. The van der Waals surface area contributed by atoms with Gasteiger partial charge in [-0.15, -0.1) is 0 Å². The van der Waals surface area contributed by atoms with E-state index in [4.69, 9.17) is 0 Å². The number of fused-ring (bicyclic) bond motifs is 1. The molecule has 0 fully saturated rings. The van der Waals surface area contributed by atoms with Crippen molar-refractivity contribution in [3.05, 3.63) is 82.5 Å². The summed E-state index contributed by atoms with van der Waals surface area (Å²) in [6.45, 7) is 2.49. The number of H-pyrrole nitrogens is 1. The number of urea groups is 1. The molecule has 2 aromatic carbocycles. The van der Waals surface area contributed by atoms with Crippen molar-refractivity contribution in [1.29, 1.82) is 0 Å². The van der Waals surface area contributed by atoms with E-state index >= 15 is 0 Å². The van der Waals surface area contributed by atoms with Crippen LogP contribution in [0.1, 0.15) is 32.7 Å². The van der Waals surface area contributed by atoms with Gasteiger partial charge in [-0.05, 0) is 30.2 Å². The summed E-state index contributed by atoms with van der Waals surface area (Å²) >= 11 is 0. The summed E-state index contributed by atoms with van der Waals surface area (Å²) in [5.41, 5.74) is 3.89. The van der Waals surface area contributed by atoms with E-state index < -0.39 is 11.9 Å². The number of benzene rings is 2. The van der Waals surface area contributed by atoms with E-state index in [9.17, 15) is 14.4 Å². The maximum atomic E-state index is 12.5. The lowest BCUT2D eigenvalue weighted by atomic mass is 10.1. The van der Waals surface area contributed by atoms with Gasteiger partial charge in [0.05, 0.1) is 25.2 Å². The lowest BCUT2D eigenvalue weighted by Crippen LogP contribution is -2.40. The first kappa shape index (κ1) is 19.4. The van der Waals surface area contributed by atoms with Crippen LogP contribution in [-0.2, 0) is 24.3 Å². The Balaban J connectivity index is 1.37. The highest BCUT2D eigenvalue weighted by atomic mass is 16.2. The van der Waals surface area contributed by atoms with E-state index in [1.54, 1.807) is 30.3 Å². The van der Waals surface area contributed by atoms with Crippen LogP contribution in [0.5, 0.6) is 0 Å². The Kier molecular flexibility index (Phi) is 5.30. The molecule has 3 N–H and O–H groups in total. The van der Waals surface area contributed by atoms with E-state index in [2.05, 4.69) is 20.8 Å². The fraction of sp³-hybridized carbons (Fsp3) is 0.182. The summed E-state index contributed by atoms with van der Waals surface area (Å²) in [7, 11) is 0. The molecule has 2 heterocycles.